The van der Waals surface area contributed by atoms with E-state index in [0.29, 0.717) is 17.5 Å². The van der Waals surface area contributed by atoms with E-state index in [1.54, 1.807) is 36.4 Å². The third-order valence-electron chi connectivity index (χ3n) is 5.38. The second-order valence-electron chi connectivity index (χ2n) is 8.00. The first-order chi connectivity index (χ1) is 17.4. The Balaban J connectivity index is 0.000000206. The van der Waals surface area contributed by atoms with Crippen molar-refractivity contribution in [1.29, 1.82) is 0 Å². The van der Waals surface area contributed by atoms with Crippen LogP contribution in [0, 0.1) is 11.6 Å². The summed E-state index contributed by atoms with van der Waals surface area (Å²) in [5.74, 6) is -0.784. The van der Waals surface area contributed by atoms with Crippen LogP contribution in [0.25, 0.3) is 0 Å². The third-order valence-corrected chi connectivity index (χ3v) is 6.23. The van der Waals surface area contributed by atoms with Crippen LogP contribution in [-0.2, 0) is 16.1 Å². The van der Waals surface area contributed by atoms with Crippen LogP contribution in [0.3, 0.4) is 0 Å². The molecule has 9 heteroatoms. The van der Waals surface area contributed by atoms with Gasteiger partial charge in [0.2, 0.25) is 0 Å². The van der Waals surface area contributed by atoms with Crippen LogP contribution in [0.4, 0.5) is 26.3 Å². The van der Waals surface area contributed by atoms with E-state index in [0.717, 1.165) is 5.56 Å². The summed E-state index contributed by atoms with van der Waals surface area (Å²) >= 11 is 4.65. The molecule has 1 atom stereocenters. The topological polar surface area (TPSA) is 20.2 Å². The van der Waals surface area contributed by atoms with Crippen molar-refractivity contribution in [3.8, 4) is 0 Å². The zero-order valence-electron chi connectivity index (χ0n) is 19.0. The molecule has 4 aromatic carbocycles. The number of benzene rings is 4. The molecule has 1 N–H and O–H groups in total. The summed E-state index contributed by atoms with van der Waals surface area (Å²) < 4.78 is 79.1. The van der Waals surface area contributed by atoms with Gasteiger partial charge in [-0.3, -0.25) is 0 Å². The molecule has 0 spiro atoms. The van der Waals surface area contributed by atoms with Crippen LogP contribution in [0.15, 0.2) is 97.1 Å². The molecule has 0 saturated carbocycles. The molecule has 0 aliphatic heterocycles. The van der Waals surface area contributed by atoms with E-state index >= 15 is 0 Å². The Kier molecular flexibility index (Phi) is 9.61. The lowest BCUT2D eigenvalue weighted by Gasteiger charge is -2.18. The van der Waals surface area contributed by atoms with E-state index in [9.17, 15) is 31.4 Å². The Morgan fingerprint density at radius 2 is 1.08 bits per heavy atom. The van der Waals surface area contributed by atoms with Gasteiger partial charge < -0.3 is 5.11 Å². The molecule has 1 unspecified atom stereocenters. The largest absolute Gasteiger partial charge is 0.384 e. The van der Waals surface area contributed by atoms with Crippen molar-refractivity contribution >= 4 is 31.9 Å². The molecular formula is C28H20Br2F6O. The van der Waals surface area contributed by atoms with Crippen LogP contribution < -0.4 is 0 Å². The quantitative estimate of drug-likeness (QED) is 0.164. The van der Waals surface area contributed by atoms with Crippen molar-refractivity contribution in [2.24, 2.45) is 0 Å². The lowest BCUT2D eigenvalue weighted by Crippen LogP contribution is -2.11. The van der Waals surface area contributed by atoms with Gasteiger partial charge in [0.05, 0.1) is 0 Å². The molecular weight excluding hydrogens is 626 g/mol. The van der Waals surface area contributed by atoms with Crippen LogP contribution in [0.5, 0.6) is 0 Å². The van der Waals surface area contributed by atoms with E-state index in [1.165, 1.54) is 60.7 Å². The monoisotopic (exact) mass is 644 g/mol. The molecule has 0 heterocycles. The van der Waals surface area contributed by atoms with Crippen LogP contribution in [-0.4, -0.2) is 5.11 Å². The highest BCUT2D eigenvalue weighted by Gasteiger charge is 2.32. The highest BCUT2D eigenvalue weighted by atomic mass is 79.9. The van der Waals surface area contributed by atoms with Gasteiger partial charge in [-0.15, -0.1) is 0 Å². The first kappa shape index (κ1) is 28.9. The fourth-order valence-corrected chi connectivity index (χ4v) is 4.34. The summed E-state index contributed by atoms with van der Waals surface area (Å²) in [6, 6.07) is 22.9. The molecule has 0 saturated heterocycles. The van der Waals surface area contributed by atoms with Crippen molar-refractivity contribution in [3.63, 3.8) is 0 Å². The van der Waals surface area contributed by atoms with Gasteiger partial charge in [-0.05, 0) is 84.8 Å². The molecule has 0 bridgehead atoms. The van der Waals surface area contributed by atoms with Gasteiger partial charge in [-0.2, -0.15) is 17.6 Å². The summed E-state index contributed by atoms with van der Waals surface area (Å²) in [6.45, 7) is 0. The maximum absolute atomic E-state index is 13.4. The fourth-order valence-electron chi connectivity index (χ4n) is 3.59. The van der Waals surface area contributed by atoms with E-state index in [4.69, 9.17) is 0 Å². The van der Waals surface area contributed by atoms with Gasteiger partial charge in [-0.25, -0.2) is 8.78 Å². The van der Waals surface area contributed by atoms with Crippen LogP contribution >= 0.6 is 31.9 Å². The molecule has 0 aromatic heterocycles. The van der Waals surface area contributed by atoms with Crippen molar-refractivity contribution in [3.05, 3.63) is 142 Å². The summed E-state index contributed by atoms with van der Waals surface area (Å²) in [7, 11) is 0. The van der Waals surface area contributed by atoms with Gasteiger partial charge in [0.1, 0.15) is 17.7 Å². The van der Waals surface area contributed by atoms with Crippen LogP contribution in [0.1, 0.15) is 39.5 Å². The second-order valence-corrected chi connectivity index (χ2v) is 9.99. The summed E-state index contributed by atoms with van der Waals surface area (Å²) in [5.41, 5.74) is 1.37. The number of aliphatic hydroxyl groups excluding tert-OH is 1. The normalized spacial score (nSPS) is 12.5. The predicted molar refractivity (Wildman–Crippen MR) is 138 cm³/mol. The van der Waals surface area contributed by atoms with Gasteiger partial charge in [0, 0.05) is 11.1 Å². The number of hydrogen-bond acceptors (Lipinski definition) is 1. The van der Waals surface area contributed by atoms with E-state index in [1.807, 2.05) is 0 Å². The van der Waals surface area contributed by atoms with Crippen LogP contribution in [0.2, 0.25) is 0 Å². The summed E-state index contributed by atoms with van der Waals surface area (Å²) in [5, 5.41) is 10.2. The molecule has 0 amide bonds. The lowest BCUT2D eigenvalue weighted by molar-refractivity contribution is 0.109. The number of halogens is 8. The maximum atomic E-state index is 13.4. The van der Waals surface area contributed by atoms with E-state index < -0.39 is 21.6 Å². The molecule has 1 nitrogen and oxygen atoms in total. The Bertz CT molecular complexity index is 1300. The molecule has 4 rings (SSSR count). The van der Waals surface area contributed by atoms with E-state index in [2.05, 4.69) is 31.9 Å². The fraction of sp³-hybridized carbons (Fsp3) is 0.143. The Morgan fingerprint density at radius 3 is 1.62 bits per heavy atom. The first-order valence-electron chi connectivity index (χ1n) is 10.9. The minimum atomic E-state index is -3.23. The summed E-state index contributed by atoms with van der Waals surface area (Å²) in [6.07, 6.45) is -0.891. The van der Waals surface area contributed by atoms with Crippen molar-refractivity contribution in [1.82, 2.24) is 0 Å². The van der Waals surface area contributed by atoms with Crippen molar-refractivity contribution in [2.45, 2.75) is 22.2 Å². The second kappa shape index (κ2) is 12.3. The van der Waals surface area contributed by atoms with Crippen molar-refractivity contribution < 1.29 is 31.4 Å². The highest BCUT2D eigenvalue weighted by molar-refractivity contribution is 9.09. The highest BCUT2D eigenvalue weighted by Crippen LogP contribution is 2.40. The minimum absolute atomic E-state index is 0.0608. The Morgan fingerprint density at radius 1 is 0.622 bits per heavy atom. The van der Waals surface area contributed by atoms with E-state index in [-0.39, 0.29) is 22.5 Å². The smallest absolute Gasteiger partial charge is 0.327 e. The minimum Gasteiger partial charge on any atom is -0.384 e. The average molecular weight is 646 g/mol. The molecule has 0 aliphatic carbocycles. The SMILES string of the molecule is Fc1ccc(Cc2ccccc2C(F)(F)Br)cc1.OC(c1ccc(F)cc1)c1ccccc1C(F)(F)Br. The van der Waals surface area contributed by atoms with Gasteiger partial charge in [-0.1, -0.05) is 72.8 Å². The molecule has 4 aromatic rings. The third kappa shape index (κ3) is 8.18. The average Bonchev–Trinajstić information content (AvgIpc) is 2.85. The maximum Gasteiger partial charge on any atom is 0.327 e. The molecule has 0 radical (unpaired) electrons. The zero-order chi connectivity index (χ0) is 27.2. The van der Waals surface area contributed by atoms with Gasteiger partial charge >= 0.3 is 9.66 Å². The standard InChI is InChI=1S/C14H10BrF3O.C14H10BrF3/c15-14(17,18)12-4-2-1-3-11(12)13(19)9-5-7-10(16)8-6-9;15-14(17,18)13-4-2-1-3-11(13)9-10-5-7-12(16)8-6-10/h1-8,13,19H;1-8H,9H2. The Labute approximate surface area is 227 Å². The summed E-state index contributed by atoms with van der Waals surface area (Å²) in [4.78, 5) is -6.28. The zero-order valence-corrected chi connectivity index (χ0v) is 22.2. The molecule has 37 heavy (non-hydrogen) atoms. The molecule has 0 aliphatic rings. The number of aliphatic hydroxyl groups is 1. The number of hydrogen-bond donors (Lipinski definition) is 1. The predicted octanol–water partition coefficient (Wildman–Crippen LogP) is 9.21. The number of rotatable bonds is 6. The Hall–Kier alpha value is -2.62. The van der Waals surface area contributed by atoms with Crippen molar-refractivity contribution in [2.75, 3.05) is 0 Å². The molecule has 194 valence electrons. The van der Waals surface area contributed by atoms with Gasteiger partial charge in [0.25, 0.3) is 0 Å². The first-order valence-corrected chi connectivity index (χ1v) is 12.4. The lowest BCUT2D eigenvalue weighted by atomic mass is 9.97. The van der Waals surface area contributed by atoms with Gasteiger partial charge in [0.15, 0.2) is 0 Å². The molecule has 0 fully saturated rings. The number of alkyl halides is 6.